The number of rotatable bonds is 15. The molecular weight excluding hydrogens is 695 g/mol. The van der Waals surface area contributed by atoms with Gasteiger partial charge in [0.15, 0.2) is 0 Å². The molecule has 0 N–H and O–H groups in total. The Morgan fingerprint density at radius 1 is 0.736 bits per heavy atom. The van der Waals surface area contributed by atoms with Crippen molar-refractivity contribution in [1.29, 1.82) is 0 Å². The van der Waals surface area contributed by atoms with Crippen molar-refractivity contribution in [1.82, 2.24) is 33.5 Å². The number of imidazole rings is 1. The maximum absolute atomic E-state index is 11.4. The summed E-state index contributed by atoms with van der Waals surface area (Å²) in [7, 11) is -2.13. The molecule has 53 heavy (non-hydrogen) atoms. The van der Waals surface area contributed by atoms with Crippen molar-refractivity contribution in [3.63, 3.8) is 0 Å². The number of ether oxygens (including phenoxy) is 2. The highest BCUT2D eigenvalue weighted by Crippen LogP contribution is 2.39. The maximum Gasteiger partial charge on any atom is 0.145 e. The molecule has 0 aliphatic heterocycles. The molecule has 1 unspecified atom stereocenters. The summed E-state index contributed by atoms with van der Waals surface area (Å²) >= 11 is 0. The van der Waals surface area contributed by atoms with Gasteiger partial charge in [0.25, 0.3) is 0 Å². The first-order chi connectivity index (χ1) is 25.5. The van der Waals surface area contributed by atoms with Crippen LogP contribution in [0.15, 0.2) is 43.5 Å². The summed E-state index contributed by atoms with van der Waals surface area (Å²) in [5.74, 6) is 1.35. The minimum atomic E-state index is -1.08. The van der Waals surface area contributed by atoms with Gasteiger partial charge < -0.3 is 23.4 Å². The number of carbonyl (C=O) groups is 1. The lowest BCUT2D eigenvalue weighted by molar-refractivity contribution is -0.108. The van der Waals surface area contributed by atoms with E-state index in [9.17, 15) is 4.79 Å². The largest absolute Gasteiger partial charge is 0.361 e. The van der Waals surface area contributed by atoms with Crippen LogP contribution in [0.2, 0.25) is 51.4 Å². The molecule has 0 aromatic carbocycles. The molecule has 0 bridgehead atoms. The molecule has 2 saturated carbocycles. The molecule has 5 aromatic heterocycles. The highest BCUT2D eigenvalue weighted by Gasteiger charge is 2.28. The Bertz CT molecular complexity index is 1910. The van der Waals surface area contributed by atoms with E-state index < -0.39 is 16.1 Å². The predicted octanol–water partition coefficient (Wildman–Crippen LogP) is 10.0. The van der Waals surface area contributed by atoms with Gasteiger partial charge in [0.2, 0.25) is 0 Å². The number of carbonyl (C=O) groups excluding carboxylic acids is 1. The monoisotopic (exact) mass is 757 g/mol. The first-order valence-corrected chi connectivity index (χ1v) is 27.6. The Morgan fingerprint density at radius 3 is 1.91 bits per heavy atom. The van der Waals surface area contributed by atoms with Crippen LogP contribution in [-0.4, -0.2) is 69.1 Å². The zero-order valence-electron chi connectivity index (χ0n) is 33.2. The number of nitrogens with zero attached hydrogens (tertiary/aromatic N) is 7. The van der Waals surface area contributed by atoms with Gasteiger partial charge in [0.05, 0.1) is 16.9 Å². The molecular formula is C41H63N7O3Si2. The number of hydrogen-bond acceptors (Lipinski definition) is 7. The summed E-state index contributed by atoms with van der Waals surface area (Å²) in [4.78, 5) is 29.9. The van der Waals surface area contributed by atoms with E-state index >= 15 is 0 Å². The zero-order chi connectivity index (χ0) is 37.4. The highest BCUT2D eigenvalue weighted by molar-refractivity contribution is 6.76. The van der Waals surface area contributed by atoms with E-state index in [1.54, 1.807) is 6.33 Å². The summed E-state index contributed by atoms with van der Waals surface area (Å²) in [6.07, 6.45) is 24.0. The molecule has 0 amide bonds. The summed E-state index contributed by atoms with van der Waals surface area (Å²) in [5.41, 5.74) is 5.46. The zero-order valence-corrected chi connectivity index (χ0v) is 35.2. The average Bonchev–Trinajstić information content (AvgIpc) is 3.88. The summed E-state index contributed by atoms with van der Waals surface area (Å²) in [5, 5.41) is 2.27. The van der Waals surface area contributed by atoms with Crippen LogP contribution in [-0.2, 0) is 27.7 Å². The number of hydrogen-bond donors (Lipinski definition) is 0. The molecule has 2 aliphatic rings. The van der Waals surface area contributed by atoms with Gasteiger partial charge in [0.1, 0.15) is 50.0 Å². The van der Waals surface area contributed by atoms with Crippen LogP contribution in [0, 0.1) is 5.92 Å². The topological polar surface area (TPSA) is 101 Å². The van der Waals surface area contributed by atoms with Gasteiger partial charge in [-0.2, -0.15) is 0 Å². The number of fused-ring (bicyclic) bond motifs is 4. The lowest BCUT2D eigenvalue weighted by atomic mass is 9.76. The highest BCUT2D eigenvalue weighted by atomic mass is 28.3. The fraction of sp³-hybridized carbons (Fsp3) is 0.634. The van der Waals surface area contributed by atoms with Crippen LogP contribution >= 0.6 is 0 Å². The van der Waals surface area contributed by atoms with Crippen LogP contribution in [0.1, 0.15) is 93.9 Å². The standard InChI is InChI=1S/C21H33N3O2Si.C20H30N4OSi/c1-27(2,3)14-13-26-16-24-11-9-19-20(22-15-23-21(19)24)18(10-12-25)17-7-5-4-6-8-17;1-26(2,3)12-11-25-15-23-10-9-17-19-18(16-7-5-4-6-8-16)21-13-24(19)14-22-20(17)23/h9,11-12,15,17-18H,4-8,10,13-14,16H2,1-3H3;9-10,13-14,16H,4-8,11-12,15H2,1-3H3. The molecule has 5 aromatic rings. The third-order valence-corrected chi connectivity index (χ3v) is 14.7. The molecule has 10 nitrogen and oxygen atoms in total. The van der Waals surface area contributed by atoms with Crippen LogP contribution in [0.3, 0.4) is 0 Å². The van der Waals surface area contributed by atoms with Crippen molar-refractivity contribution in [3.05, 3.63) is 54.9 Å². The van der Waals surface area contributed by atoms with Crippen LogP contribution < -0.4 is 0 Å². The van der Waals surface area contributed by atoms with Crippen molar-refractivity contribution >= 4 is 50.0 Å². The summed E-state index contributed by atoms with van der Waals surface area (Å²) in [6, 6.07) is 6.62. The molecule has 0 radical (unpaired) electrons. The van der Waals surface area contributed by atoms with Gasteiger partial charge in [-0.3, -0.25) is 4.40 Å². The molecule has 1 atom stereocenters. The number of aromatic nitrogens is 7. The first-order valence-electron chi connectivity index (χ1n) is 20.2. The van der Waals surface area contributed by atoms with Crippen molar-refractivity contribution in [2.24, 2.45) is 5.92 Å². The van der Waals surface area contributed by atoms with E-state index in [1.807, 2.05) is 18.9 Å². The average molecular weight is 758 g/mol. The molecule has 12 heteroatoms. The fourth-order valence-electron chi connectivity index (χ4n) is 8.10. The van der Waals surface area contributed by atoms with Crippen LogP contribution in [0.5, 0.6) is 0 Å². The second-order valence-electron chi connectivity index (χ2n) is 17.9. The van der Waals surface area contributed by atoms with E-state index in [2.05, 4.69) is 86.1 Å². The molecule has 2 fully saturated rings. The molecule has 0 spiro atoms. The normalized spacial score (nSPS) is 17.0. The Kier molecular flexibility index (Phi) is 13.4. The maximum atomic E-state index is 11.4. The van der Waals surface area contributed by atoms with Gasteiger partial charge in [-0.15, -0.1) is 0 Å². The molecule has 0 saturated heterocycles. The van der Waals surface area contributed by atoms with Gasteiger partial charge >= 0.3 is 0 Å². The van der Waals surface area contributed by atoms with Crippen molar-refractivity contribution in [2.75, 3.05) is 13.2 Å². The predicted molar refractivity (Wildman–Crippen MR) is 220 cm³/mol. The SMILES string of the molecule is C[Si](C)(C)CCOCn1ccc2c(C(CC=O)C3CCCCC3)ncnc21.C[Si](C)(C)CCOCn1ccc2c1ncn1cnc(C3CCCCC3)c21. The van der Waals surface area contributed by atoms with E-state index in [1.165, 1.54) is 86.8 Å². The van der Waals surface area contributed by atoms with Crippen LogP contribution in [0.4, 0.5) is 0 Å². The Morgan fingerprint density at radius 2 is 1.30 bits per heavy atom. The Balaban J connectivity index is 0.000000181. The molecule has 288 valence electrons. The van der Waals surface area contributed by atoms with E-state index in [0.29, 0.717) is 31.7 Å². The van der Waals surface area contributed by atoms with E-state index in [-0.39, 0.29) is 5.92 Å². The minimum Gasteiger partial charge on any atom is -0.361 e. The quantitative estimate of drug-likeness (QED) is 0.0595. The third kappa shape index (κ3) is 10.3. The number of aldehydes is 1. The lowest BCUT2D eigenvalue weighted by Crippen LogP contribution is -2.22. The lowest BCUT2D eigenvalue weighted by Gasteiger charge is -2.29. The van der Waals surface area contributed by atoms with Crippen molar-refractivity contribution < 1.29 is 14.3 Å². The molecule has 2 aliphatic carbocycles. The van der Waals surface area contributed by atoms with Gasteiger partial charge in [-0.25, -0.2) is 19.9 Å². The summed E-state index contributed by atoms with van der Waals surface area (Å²) < 4.78 is 18.1. The third-order valence-electron chi connectivity index (χ3n) is 11.3. The molecule has 7 rings (SSSR count). The van der Waals surface area contributed by atoms with Crippen molar-refractivity contribution in [3.8, 4) is 0 Å². The smallest absolute Gasteiger partial charge is 0.145 e. The van der Waals surface area contributed by atoms with E-state index in [4.69, 9.17) is 14.5 Å². The van der Waals surface area contributed by atoms with E-state index in [0.717, 1.165) is 47.9 Å². The Hall–Kier alpha value is -3.20. The van der Waals surface area contributed by atoms with Gasteiger partial charge in [-0.05, 0) is 55.8 Å². The van der Waals surface area contributed by atoms with Gasteiger partial charge in [0, 0.05) is 70.8 Å². The van der Waals surface area contributed by atoms with Gasteiger partial charge in [-0.1, -0.05) is 77.8 Å². The second kappa shape index (κ2) is 18.0. The second-order valence-corrected chi connectivity index (χ2v) is 29.1. The molecule has 5 heterocycles. The summed E-state index contributed by atoms with van der Waals surface area (Å²) in [6.45, 7) is 16.9. The minimum absolute atomic E-state index is 0.206. The Labute approximate surface area is 318 Å². The fourth-order valence-corrected chi connectivity index (χ4v) is 9.62. The van der Waals surface area contributed by atoms with Crippen molar-refractivity contribution in [2.45, 2.75) is 147 Å². The first kappa shape index (κ1) is 39.5. The van der Waals surface area contributed by atoms with Crippen LogP contribution in [0.25, 0.3) is 27.6 Å².